The first-order valence-electron chi connectivity index (χ1n) is 11.1. The zero-order valence-electron chi connectivity index (χ0n) is 18.9. The van der Waals surface area contributed by atoms with Gasteiger partial charge in [-0.25, -0.2) is 0 Å². The molecular formula is C28H26N4O2. The summed E-state index contributed by atoms with van der Waals surface area (Å²) < 4.78 is 11.5. The van der Waals surface area contributed by atoms with Crippen molar-refractivity contribution in [3.8, 4) is 11.5 Å². The van der Waals surface area contributed by atoms with E-state index in [4.69, 9.17) is 9.47 Å². The molecule has 2 aromatic carbocycles. The highest BCUT2D eigenvalue weighted by molar-refractivity contribution is 5.90. The van der Waals surface area contributed by atoms with Crippen LogP contribution in [0.4, 0.5) is 0 Å². The van der Waals surface area contributed by atoms with Gasteiger partial charge in [-0.1, -0.05) is 30.4 Å². The second-order valence-corrected chi connectivity index (χ2v) is 7.96. The van der Waals surface area contributed by atoms with Gasteiger partial charge in [0, 0.05) is 24.4 Å². The zero-order valence-corrected chi connectivity index (χ0v) is 18.9. The first-order valence-corrected chi connectivity index (χ1v) is 11.1. The van der Waals surface area contributed by atoms with E-state index in [0.717, 1.165) is 46.1 Å². The molecule has 170 valence electrons. The zero-order chi connectivity index (χ0) is 23.2. The SMILES string of the molecule is COc1cc(OCC2=CC=CNC2)ccc1/C=C/c1cc(/C=C/c2cccc3cc[nH]c23)[nH]n1. The predicted octanol–water partition coefficient (Wildman–Crippen LogP) is 5.66. The number of nitrogens with zero attached hydrogens (tertiary/aromatic N) is 1. The quantitative estimate of drug-likeness (QED) is 0.324. The standard InChI is InChI=1S/C28H26N4O2/c1-33-27-17-26(34-19-20-4-3-14-29-18-20)12-9-21(27)7-10-24-16-25(32-31-24)11-8-22-5-2-6-23-13-15-30-28(22)23/h2-17,29-30H,18-19H2,1H3,(H,31,32)/b10-7+,11-8+. The molecule has 0 radical (unpaired) electrons. The lowest BCUT2D eigenvalue weighted by atomic mass is 10.1. The molecule has 6 nitrogen and oxygen atoms in total. The van der Waals surface area contributed by atoms with E-state index >= 15 is 0 Å². The number of para-hydroxylation sites is 1. The number of aromatic nitrogens is 3. The Kier molecular flexibility index (Phi) is 6.29. The van der Waals surface area contributed by atoms with E-state index in [0.29, 0.717) is 6.61 Å². The predicted molar refractivity (Wildman–Crippen MR) is 138 cm³/mol. The Balaban J connectivity index is 1.25. The number of benzene rings is 2. The van der Waals surface area contributed by atoms with E-state index in [9.17, 15) is 0 Å². The monoisotopic (exact) mass is 450 g/mol. The number of allylic oxidation sites excluding steroid dienone is 2. The summed E-state index contributed by atoms with van der Waals surface area (Å²) in [7, 11) is 1.66. The van der Waals surface area contributed by atoms with Crippen molar-refractivity contribution in [3.63, 3.8) is 0 Å². The molecule has 0 amide bonds. The van der Waals surface area contributed by atoms with Gasteiger partial charge in [0.05, 0.1) is 24.0 Å². The lowest BCUT2D eigenvalue weighted by Gasteiger charge is -2.13. The first-order chi connectivity index (χ1) is 16.8. The van der Waals surface area contributed by atoms with Crippen molar-refractivity contribution in [1.82, 2.24) is 20.5 Å². The third-order valence-corrected chi connectivity index (χ3v) is 5.62. The van der Waals surface area contributed by atoms with Crippen LogP contribution in [-0.4, -0.2) is 35.4 Å². The molecule has 34 heavy (non-hydrogen) atoms. The fourth-order valence-electron chi connectivity index (χ4n) is 3.82. The number of hydrogen-bond acceptors (Lipinski definition) is 4. The summed E-state index contributed by atoms with van der Waals surface area (Å²) in [4.78, 5) is 3.29. The summed E-state index contributed by atoms with van der Waals surface area (Å²) in [6.07, 6.45) is 16.0. The summed E-state index contributed by atoms with van der Waals surface area (Å²) in [5.41, 5.74) is 6.18. The van der Waals surface area contributed by atoms with Crippen LogP contribution >= 0.6 is 0 Å². The van der Waals surface area contributed by atoms with E-state index in [-0.39, 0.29) is 0 Å². The Bertz CT molecular complexity index is 1400. The number of H-pyrrole nitrogens is 2. The van der Waals surface area contributed by atoms with Gasteiger partial charge in [0.1, 0.15) is 18.1 Å². The van der Waals surface area contributed by atoms with Gasteiger partial charge in [-0.3, -0.25) is 5.10 Å². The Hall–Kier alpha value is -4.45. The third-order valence-electron chi connectivity index (χ3n) is 5.62. The third kappa shape index (κ3) is 4.96. The number of hydrogen-bond donors (Lipinski definition) is 3. The normalized spacial score (nSPS) is 13.5. The summed E-state index contributed by atoms with van der Waals surface area (Å²) >= 11 is 0. The summed E-state index contributed by atoms with van der Waals surface area (Å²) in [5.74, 6) is 1.52. The van der Waals surface area contributed by atoms with Crippen LogP contribution in [-0.2, 0) is 0 Å². The average molecular weight is 451 g/mol. The Morgan fingerprint density at radius 3 is 2.82 bits per heavy atom. The van der Waals surface area contributed by atoms with Crippen LogP contribution in [0.2, 0.25) is 0 Å². The van der Waals surface area contributed by atoms with Crippen molar-refractivity contribution in [2.24, 2.45) is 0 Å². The van der Waals surface area contributed by atoms with Gasteiger partial charge in [0.25, 0.3) is 0 Å². The topological polar surface area (TPSA) is 75.0 Å². The minimum atomic E-state index is 0.539. The van der Waals surface area contributed by atoms with Gasteiger partial charge >= 0.3 is 0 Å². The molecule has 1 aliphatic heterocycles. The van der Waals surface area contributed by atoms with Crippen molar-refractivity contribution in [1.29, 1.82) is 0 Å². The van der Waals surface area contributed by atoms with Crippen molar-refractivity contribution < 1.29 is 9.47 Å². The molecule has 0 saturated carbocycles. The van der Waals surface area contributed by atoms with Crippen molar-refractivity contribution in [3.05, 3.63) is 101 Å². The minimum Gasteiger partial charge on any atom is -0.496 e. The van der Waals surface area contributed by atoms with E-state index in [2.05, 4.69) is 56.9 Å². The summed E-state index contributed by atoms with van der Waals surface area (Å²) in [6, 6.07) is 16.2. The number of dihydropyridines is 1. The molecule has 2 aromatic heterocycles. The second kappa shape index (κ2) is 10.0. The Morgan fingerprint density at radius 2 is 1.94 bits per heavy atom. The van der Waals surface area contributed by atoms with Gasteiger partial charge in [0.15, 0.2) is 0 Å². The minimum absolute atomic E-state index is 0.539. The average Bonchev–Trinajstić information content (AvgIpc) is 3.55. The van der Waals surface area contributed by atoms with Crippen molar-refractivity contribution >= 4 is 35.2 Å². The lowest BCUT2D eigenvalue weighted by molar-refractivity contribution is 0.344. The highest BCUT2D eigenvalue weighted by Crippen LogP contribution is 2.27. The molecule has 3 N–H and O–H groups in total. The lowest BCUT2D eigenvalue weighted by Crippen LogP contribution is -2.17. The van der Waals surface area contributed by atoms with Gasteiger partial charge in [-0.2, -0.15) is 5.10 Å². The summed E-state index contributed by atoms with van der Waals surface area (Å²) in [5, 5.41) is 11.8. The molecule has 0 unspecified atom stereocenters. The Labute approximate surface area is 198 Å². The Morgan fingerprint density at radius 1 is 1.00 bits per heavy atom. The molecule has 0 bridgehead atoms. The second-order valence-electron chi connectivity index (χ2n) is 7.96. The highest BCUT2D eigenvalue weighted by atomic mass is 16.5. The first kappa shape index (κ1) is 21.4. The molecule has 0 atom stereocenters. The fourth-order valence-corrected chi connectivity index (χ4v) is 3.82. The molecule has 0 spiro atoms. The number of ether oxygens (including phenoxy) is 2. The molecule has 4 aromatic rings. The molecule has 0 fully saturated rings. The van der Waals surface area contributed by atoms with Gasteiger partial charge in [-0.05, 0) is 71.3 Å². The molecule has 1 aliphatic rings. The maximum absolute atomic E-state index is 5.92. The molecule has 0 saturated heterocycles. The molecule has 6 heteroatoms. The van der Waals surface area contributed by atoms with Crippen LogP contribution in [0.3, 0.4) is 0 Å². The van der Waals surface area contributed by atoms with Crippen LogP contribution in [0, 0.1) is 0 Å². The summed E-state index contributed by atoms with van der Waals surface area (Å²) in [6.45, 7) is 1.34. The van der Waals surface area contributed by atoms with Crippen molar-refractivity contribution in [2.45, 2.75) is 0 Å². The number of rotatable bonds is 8. The van der Waals surface area contributed by atoms with Crippen molar-refractivity contribution in [2.75, 3.05) is 20.3 Å². The van der Waals surface area contributed by atoms with E-state index in [1.54, 1.807) is 7.11 Å². The van der Waals surface area contributed by atoms with Crippen LogP contribution in [0.5, 0.6) is 11.5 Å². The maximum Gasteiger partial charge on any atom is 0.129 e. The number of aromatic amines is 2. The van der Waals surface area contributed by atoms with Crippen LogP contribution < -0.4 is 14.8 Å². The van der Waals surface area contributed by atoms with Crippen LogP contribution in [0.1, 0.15) is 22.5 Å². The molecule has 3 heterocycles. The number of methoxy groups -OCH3 is 1. The van der Waals surface area contributed by atoms with Gasteiger partial charge in [-0.15, -0.1) is 0 Å². The largest absolute Gasteiger partial charge is 0.496 e. The van der Waals surface area contributed by atoms with Gasteiger partial charge in [0.2, 0.25) is 0 Å². The van der Waals surface area contributed by atoms with Crippen LogP contribution in [0.25, 0.3) is 35.2 Å². The van der Waals surface area contributed by atoms with E-state index < -0.39 is 0 Å². The smallest absolute Gasteiger partial charge is 0.129 e. The number of nitrogens with one attached hydrogen (secondary N) is 3. The van der Waals surface area contributed by atoms with E-state index in [1.165, 1.54) is 11.0 Å². The molecule has 5 rings (SSSR count). The van der Waals surface area contributed by atoms with E-state index in [1.807, 2.05) is 61.0 Å². The molecular weight excluding hydrogens is 424 g/mol. The van der Waals surface area contributed by atoms with Gasteiger partial charge < -0.3 is 19.8 Å². The number of fused-ring (bicyclic) bond motifs is 1. The highest BCUT2D eigenvalue weighted by Gasteiger charge is 2.06. The molecule has 0 aliphatic carbocycles. The fraction of sp³-hybridized carbons (Fsp3) is 0.107. The maximum atomic E-state index is 5.92. The van der Waals surface area contributed by atoms with Crippen LogP contribution in [0.15, 0.2) is 78.7 Å².